The SMILES string of the molecule is CCOC(=O)C([NH3+])C#N. The summed E-state index contributed by atoms with van der Waals surface area (Å²) in [5.74, 6) is -0.556. The second-order valence-corrected chi connectivity index (χ2v) is 1.43. The first-order chi connectivity index (χ1) is 4.22. The second-order valence-electron chi connectivity index (χ2n) is 1.43. The number of hydrogen-bond donors (Lipinski definition) is 1. The summed E-state index contributed by atoms with van der Waals surface area (Å²) in [4.78, 5) is 10.5. The average molecular weight is 129 g/mol. The van der Waals surface area contributed by atoms with Crippen LogP contribution in [0, 0.1) is 11.3 Å². The fraction of sp³-hybridized carbons (Fsp3) is 0.600. The first-order valence-corrected chi connectivity index (χ1v) is 2.61. The van der Waals surface area contributed by atoms with E-state index >= 15 is 0 Å². The van der Waals surface area contributed by atoms with Crippen molar-refractivity contribution in [3.05, 3.63) is 0 Å². The molecule has 9 heavy (non-hydrogen) atoms. The van der Waals surface area contributed by atoms with Crippen LogP contribution in [0.15, 0.2) is 0 Å². The number of quaternary nitrogens is 1. The Morgan fingerprint density at radius 1 is 2.00 bits per heavy atom. The summed E-state index contributed by atoms with van der Waals surface area (Å²) in [6.45, 7) is 1.98. The molecule has 50 valence electrons. The minimum atomic E-state index is -0.884. The van der Waals surface area contributed by atoms with E-state index in [4.69, 9.17) is 5.26 Å². The Morgan fingerprint density at radius 3 is 2.89 bits per heavy atom. The summed E-state index contributed by atoms with van der Waals surface area (Å²) in [5.41, 5.74) is 3.24. The van der Waals surface area contributed by atoms with E-state index in [1.165, 1.54) is 0 Å². The Bertz CT molecular complexity index is 138. The first kappa shape index (κ1) is 7.92. The predicted molar refractivity (Wildman–Crippen MR) is 28.9 cm³/mol. The third-order valence-electron chi connectivity index (χ3n) is 0.727. The van der Waals surface area contributed by atoms with E-state index in [2.05, 4.69) is 10.5 Å². The van der Waals surface area contributed by atoms with E-state index in [0.29, 0.717) is 6.61 Å². The highest BCUT2D eigenvalue weighted by atomic mass is 16.5. The number of nitrogens with zero attached hydrogens (tertiary/aromatic N) is 1. The molecule has 0 aromatic carbocycles. The quantitative estimate of drug-likeness (QED) is 0.470. The molecule has 0 aliphatic heterocycles. The standard InChI is InChI=1S/C5H8N2O2/c1-2-9-5(8)4(7)3-6/h4H,2,7H2,1H3/p+1. The summed E-state index contributed by atoms with van der Waals surface area (Å²) >= 11 is 0. The fourth-order valence-corrected chi connectivity index (χ4v) is 0.296. The average Bonchev–Trinajstić information content (AvgIpc) is 1.87. The van der Waals surface area contributed by atoms with Crippen LogP contribution in [-0.4, -0.2) is 18.6 Å². The lowest BCUT2D eigenvalue weighted by atomic mass is 10.4. The molecule has 0 aliphatic carbocycles. The molecule has 4 heteroatoms. The van der Waals surface area contributed by atoms with Crippen molar-refractivity contribution in [1.29, 1.82) is 5.26 Å². The lowest BCUT2D eigenvalue weighted by Crippen LogP contribution is -2.64. The van der Waals surface area contributed by atoms with Crippen LogP contribution in [-0.2, 0) is 9.53 Å². The predicted octanol–water partition coefficient (Wildman–Crippen LogP) is -1.32. The Kier molecular flexibility index (Phi) is 3.40. The maximum Gasteiger partial charge on any atom is 0.380 e. The third-order valence-corrected chi connectivity index (χ3v) is 0.727. The molecule has 0 heterocycles. The number of rotatable bonds is 2. The Labute approximate surface area is 53.2 Å². The fourth-order valence-electron chi connectivity index (χ4n) is 0.296. The zero-order valence-corrected chi connectivity index (χ0v) is 5.26. The molecule has 0 aliphatic rings. The van der Waals surface area contributed by atoms with Crippen LogP contribution in [0.2, 0.25) is 0 Å². The molecule has 0 spiro atoms. The smallest absolute Gasteiger partial charge is 0.380 e. The molecule has 0 amide bonds. The van der Waals surface area contributed by atoms with Crippen LogP contribution in [0.3, 0.4) is 0 Å². The van der Waals surface area contributed by atoms with E-state index in [1.807, 2.05) is 0 Å². The van der Waals surface area contributed by atoms with Gasteiger partial charge in [0.25, 0.3) is 6.04 Å². The van der Waals surface area contributed by atoms with Gasteiger partial charge in [-0.05, 0) is 6.92 Å². The molecular formula is C5H9N2O2+. The van der Waals surface area contributed by atoms with E-state index in [0.717, 1.165) is 0 Å². The van der Waals surface area contributed by atoms with Crippen molar-refractivity contribution in [2.45, 2.75) is 13.0 Å². The molecule has 1 unspecified atom stereocenters. The second kappa shape index (κ2) is 3.87. The molecule has 0 fully saturated rings. The van der Waals surface area contributed by atoms with Crippen molar-refractivity contribution in [3.8, 4) is 6.07 Å². The van der Waals surface area contributed by atoms with E-state index in [-0.39, 0.29) is 0 Å². The number of hydrogen-bond acceptors (Lipinski definition) is 3. The summed E-state index contributed by atoms with van der Waals surface area (Å²) in [7, 11) is 0. The Morgan fingerprint density at radius 2 is 2.56 bits per heavy atom. The molecule has 0 saturated carbocycles. The van der Waals surface area contributed by atoms with Crippen molar-refractivity contribution in [2.24, 2.45) is 0 Å². The Hall–Kier alpha value is -1.08. The number of nitriles is 1. The summed E-state index contributed by atoms with van der Waals surface area (Å²) in [6, 6.07) is 0.780. The van der Waals surface area contributed by atoms with Crippen LogP contribution in [0.4, 0.5) is 0 Å². The van der Waals surface area contributed by atoms with Gasteiger partial charge in [-0.15, -0.1) is 0 Å². The highest BCUT2D eigenvalue weighted by molar-refractivity contribution is 5.76. The van der Waals surface area contributed by atoms with Gasteiger partial charge in [0.15, 0.2) is 0 Å². The molecule has 0 aromatic rings. The molecular weight excluding hydrogens is 120 g/mol. The minimum Gasteiger partial charge on any atom is -0.461 e. The largest absolute Gasteiger partial charge is 0.461 e. The van der Waals surface area contributed by atoms with Crippen LogP contribution in [0.1, 0.15) is 6.92 Å². The van der Waals surface area contributed by atoms with Crippen LogP contribution in [0.25, 0.3) is 0 Å². The lowest BCUT2D eigenvalue weighted by molar-refractivity contribution is -0.390. The van der Waals surface area contributed by atoms with E-state index in [1.54, 1.807) is 13.0 Å². The number of carbonyl (C=O) groups excluding carboxylic acids is 1. The van der Waals surface area contributed by atoms with Gasteiger partial charge in [0.2, 0.25) is 0 Å². The summed E-state index contributed by atoms with van der Waals surface area (Å²) < 4.78 is 4.47. The normalized spacial score (nSPS) is 11.7. The van der Waals surface area contributed by atoms with Crippen molar-refractivity contribution >= 4 is 5.97 Å². The Balaban J connectivity index is 3.63. The molecule has 0 radical (unpaired) electrons. The van der Waals surface area contributed by atoms with Crippen molar-refractivity contribution in [3.63, 3.8) is 0 Å². The zero-order chi connectivity index (χ0) is 7.28. The maximum atomic E-state index is 10.5. The molecule has 0 rings (SSSR count). The molecule has 4 nitrogen and oxygen atoms in total. The first-order valence-electron chi connectivity index (χ1n) is 2.61. The zero-order valence-electron chi connectivity index (χ0n) is 5.26. The monoisotopic (exact) mass is 129 g/mol. The van der Waals surface area contributed by atoms with Gasteiger partial charge in [-0.2, -0.15) is 5.26 Å². The minimum absolute atomic E-state index is 0.298. The van der Waals surface area contributed by atoms with Gasteiger partial charge in [-0.25, -0.2) is 4.79 Å². The number of ether oxygens (including phenoxy) is 1. The molecule has 0 saturated heterocycles. The van der Waals surface area contributed by atoms with Gasteiger partial charge < -0.3 is 10.5 Å². The molecule has 3 N–H and O–H groups in total. The molecule has 1 atom stereocenters. The van der Waals surface area contributed by atoms with Gasteiger partial charge in [0.1, 0.15) is 6.07 Å². The number of carbonyl (C=O) groups is 1. The van der Waals surface area contributed by atoms with Crippen LogP contribution >= 0.6 is 0 Å². The van der Waals surface area contributed by atoms with Gasteiger partial charge in [-0.3, -0.25) is 0 Å². The maximum absolute atomic E-state index is 10.5. The van der Waals surface area contributed by atoms with Crippen LogP contribution < -0.4 is 5.73 Å². The summed E-state index contributed by atoms with van der Waals surface area (Å²) in [5, 5.41) is 8.12. The molecule has 0 bridgehead atoms. The third kappa shape index (κ3) is 2.67. The summed E-state index contributed by atoms with van der Waals surface area (Å²) in [6.07, 6.45) is 0. The van der Waals surface area contributed by atoms with Crippen molar-refractivity contribution in [2.75, 3.05) is 6.61 Å². The highest BCUT2D eigenvalue weighted by Crippen LogP contribution is 1.79. The van der Waals surface area contributed by atoms with Gasteiger partial charge >= 0.3 is 5.97 Å². The van der Waals surface area contributed by atoms with Crippen molar-refractivity contribution in [1.82, 2.24) is 0 Å². The highest BCUT2D eigenvalue weighted by Gasteiger charge is 2.15. The van der Waals surface area contributed by atoms with Gasteiger partial charge in [0.05, 0.1) is 6.61 Å². The van der Waals surface area contributed by atoms with Crippen molar-refractivity contribution < 1.29 is 15.3 Å². The van der Waals surface area contributed by atoms with Gasteiger partial charge in [-0.1, -0.05) is 0 Å². The molecule has 0 aromatic heterocycles. The number of esters is 1. The lowest BCUT2D eigenvalue weighted by Gasteiger charge is -1.97. The van der Waals surface area contributed by atoms with E-state index in [9.17, 15) is 4.79 Å². The van der Waals surface area contributed by atoms with E-state index < -0.39 is 12.0 Å². The van der Waals surface area contributed by atoms with Gasteiger partial charge in [0, 0.05) is 0 Å². The topological polar surface area (TPSA) is 77.7 Å². The van der Waals surface area contributed by atoms with Crippen LogP contribution in [0.5, 0.6) is 0 Å².